The Balaban J connectivity index is 2.58. The number of rotatable bonds is 7. The van der Waals surface area contributed by atoms with Gasteiger partial charge < -0.3 is 9.80 Å². The van der Waals surface area contributed by atoms with E-state index in [1.54, 1.807) is 0 Å². The van der Waals surface area contributed by atoms with Crippen molar-refractivity contribution in [2.45, 2.75) is 20.3 Å². The number of hydrogen-bond donors (Lipinski definition) is 0. The molecule has 0 unspecified atom stereocenters. The van der Waals surface area contributed by atoms with E-state index in [-0.39, 0.29) is 0 Å². The van der Waals surface area contributed by atoms with Crippen LogP contribution >= 0.6 is 0 Å². The maximum Gasteiger partial charge on any atom is 0.0366 e. The second kappa shape index (κ2) is 7.33. The van der Waals surface area contributed by atoms with E-state index in [1.165, 1.54) is 12.1 Å². The van der Waals surface area contributed by atoms with Crippen molar-refractivity contribution in [1.82, 2.24) is 4.90 Å². The minimum atomic E-state index is 0.764. The molecule has 17 heavy (non-hydrogen) atoms. The molecule has 0 amide bonds. The Hall–Kier alpha value is -1.02. The molecule has 1 aromatic carbocycles. The summed E-state index contributed by atoms with van der Waals surface area (Å²) in [5.74, 6) is 0.764. The highest BCUT2D eigenvalue weighted by molar-refractivity contribution is 5.45. The van der Waals surface area contributed by atoms with Gasteiger partial charge in [0.2, 0.25) is 0 Å². The third-order valence-corrected chi connectivity index (χ3v) is 2.91. The summed E-state index contributed by atoms with van der Waals surface area (Å²) in [6.07, 6.45) is 1.25. The summed E-state index contributed by atoms with van der Waals surface area (Å²) < 4.78 is 0. The average Bonchev–Trinajstić information content (AvgIpc) is 2.29. The predicted molar refractivity (Wildman–Crippen MR) is 76.7 cm³/mol. The minimum absolute atomic E-state index is 0.764. The molecule has 0 N–H and O–H groups in total. The Morgan fingerprint density at radius 3 is 2.12 bits per heavy atom. The monoisotopic (exact) mass is 234 g/mol. The van der Waals surface area contributed by atoms with E-state index in [2.05, 4.69) is 68.1 Å². The Morgan fingerprint density at radius 2 is 1.59 bits per heavy atom. The Kier molecular flexibility index (Phi) is 6.06. The van der Waals surface area contributed by atoms with Crippen molar-refractivity contribution in [2.24, 2.45) is 5.92 Å². The first-order valence-electron chi connectivity index (χ1n) is 6.54. The van der Waals surface area contributed by atoms with Crippen molar-refractivity contribution < 1.29 is 0 Å². The van der Waals surface area contributed by atoms with Crippen LogP contribution in [0.2, 0.25) is 0 Å². The predicted octanol–water partition coefficient (Wildman–Crippen LogP) is 3.10. The molecule has 0 saturated carbocycles. The third kappa shape index (κ3) is 5.73. The van der Waals surface area contributed by atoms with Crippen LogP contribution in [-0.4, -0.2) is 38.6 Å². The number of para-hydroxylation sites is 1. The molecule has 96 valence electrons. The lowest BCUT2D eigenvalue weighted by molar-refractivity contribution is 0.410. The molecule has 1 rings (SSSR count). The van der Waals surface area contributed by atoms with Gasteiger partial charge in [0.15, 0.2) is 0 Å². The van der Waals surface area contributed by atoms with Gasteiger partial charge in [0.25, 0.3) is 0 Å². The molecule has 0 radical (unpaired) electrons. The van der Waals surface area contributed by atoms with Gasteiger partial charge in [-0.25, -0.2) is 0 Å². The van der Waals surface area contributed by atoms with Crippen LogP contribution in [0.1, 0.15) is 20.3 Å². The van der Waals surface area contributed by atoms with Crippen LogP contribution in [0.4, 0.5) is 5.69 Å². The van der Waals surface area contributed by atoms with E-state index in [0.29, 0.717) is 0 Å². The van der Waals surface area contributed by atoms with Crippen molar-refractivity contribution in [3.8, 4) is 0 Å². The molecule has 0 aliphatic heterocycles. The Bertz CT molecular complexity index is 281. The second-order valence-electron chi connectivity index (χ2n) is 5.31. The minimum Gasteiger partial charge on any atom is -0.370 e. The van der Waals surface area contributed by atoms with Gasteiger partial charge in [0.05, 0.1) is 0 Å². The second-order valence-corrected chi connectivity index (χ2v) is 5.31. The molecule has 1 aromatic rings. The lowest BCUT2D eigenvalue weighted by atomic mass is 10.1. The van der Waals surface area contributed by atoms with Gasteiger partial charge in [-0.2, -0.15) is 0 Å². The summed E-state index contributed by atoms with van der Waals surface area (Å²) in [6.45, 7) is 7.93. The zero-order valence-corrected chi connectivity index (χ0v) is 11.7. The van der Waals surface area contributed by atoms with E-state index in [4.69, 9.17) is 0 Å². The highest BCUT2D eigenvalue weighted by Gasteiger charge is 2.07. The van der Waals surface area contributed by atoms with E-state index in [1.807, 2.05) is 0 Å². The molecule has 2 nitrogen and oxygen atoms in total. The molecule has 2 heteroatoms. The molecule has 0 aliphatic carbocycles. The van der Waals surface area contributed by atoms with Gasteiger partial charge in [-0.05, 0) is 38.6 Å². The van der Waals surface area contributed by atoms with Crippen LogP contribution in [0.25, 0.3) is 0 Å². The Labute approximate surface area is 106 Å². The van der Waals surface area contributed by atoms with E-state index in [9.17, 15) is 0 Å². The summed E-state index contributed by atoms with van der Waals surface area (Å²) in [5, 5.41) is 0. The third-order valence-electron chi connectivity index (χ3n) is 2.91. The zero-order valence-electron chi connectivity index (χ0n) is 11.7. The van der Waals surface area contributed by atoms with Crippen LogP contribution in [0.3, 0.4) is 0 Å². The maximum absolute atomic E-state index is 2.49. The molecular weight excluding hydrogens is 208 g/mol. The SMILES string of the molecule is CC(C)CCN(CCN(C)C)c1ccccc1. The number of anilines is 1. The van der Waals surface area contributed by atoms with Crippen molar-refractivity contribution in [3.63, 3.8) is 0 Å². The standard InChI is InChI=1S/C15H26N2/c1-14(2)10-11-17(13-12-16(3)4)15-8-6-5-7-9-15/h5-9,14H,10-13H2,1-4H3. The molecule has 0 heterocycles. The van der Waals surface area contributed by atoms with Gasteiger partial charge >= 0.3 is 0 Å². The summed E-state index contributed by atoms with van der Waals surface area (Å²) in [7, 11) is 4.26. The molecule has 0 atom stereocenters. The first-order valence-corrected chi connectivity index (χ1v) is 6.54. The molecule has 0 bridgehead atoms. The maximum atomic E-state index is 2.49. The highest BCUT2D eigenvalue weighted by Crippen LogP contribution is 2.14. The van der Waals surface area contributed by atoms with Gasteiger partial charge in [-0.1, -0.05) is 32.0 Å². The zero-order chi connectivity index (χ0) is 12.7. The van der Waals surface area contributed by atoms with Crippen molar-refractivity contribution in [3.05, 3.63) is 30.3 Å². The first-order chi connectivity index (χ1) is 8.09. The number of hydrogen-bond acceptors (Lipinski definition) is 2. The topological polar surface area (TPSA) is 6.48 Å². The van der Waals surface area contributed by atoms with Crippen LogP contribution < -0.4 is 4.90 Å². The van der Waals surface area contributed by atoms with Crippen molar-refractivity contribution >= 4 is 5.69 Å². The summed E-state index contributed by atoms with van der Waals surface area (Å²) in [5.41, 5.74) is 1.34. The molecule has 0 aliphatic rings. The normalized spacial score (nSPS) is 11.2. The van der Waals surface area contributed by atoms with Crippen LogP contribution in [0.15, 0.2) is 30.3 Å². The number of nitrogens with zero attached hydrogens (tertiary/aromatic N) is 2. The summed E-state index contributed by atoms with van der Waals surface area (Å²) in [6, 6.07) is 10.7. The fourth-order valence-electron chi connectivity index (χ4n) is 1.74. The number of benzene rings is 1. The smallest absolute Gasteiger partial charge is 0.0366 e. The van der Waals surface area contributed by atoms with Gasteiger partial charge in [0.1, 0.15) is 0 Å². The summed E-state index contributed by atoms with van der Waals surface area (Å²) in [4.78, 5) is 4.73. The fraction of sp³-hybridized carbons (Fsp3) is 0.600. The molecule has 0 saturated heterocycles. The van der Waals surface area contributed by atoms with Gasteiger partial charge in [-0.3, -0.25) is 0 Å². The lowest BCUT2D eigenvalue weighted by Gasteiger charge is -2.27. The summed E-state index contributed by atoms with van der Waals surface area (Å²) >= 11 is 0. The van der Waals surface area contributed by atoms with E-state index >= 15 is 0 Å². The van der Waals surface area contributed by atoms with Gasteiger partial charge in [0, 0.05) is 25.3 Å². The van der Waals surface area contributed by atoms with Crippen molar-refractivity contribution in [1.29, 1.82) is 0 Å². The van der Waals surface area contributed by atoms with Crippen LogP contribution in [-0.2, 0) is 0 Å². The molecule has 0 spiro atoms. The van der Waals surface area contributed by atoms with E-state index in [0.717, 1.165) is 25.6 Å². The molecule has 0 aromatic heterocycles. The van der Waals surface area contributed by atoms with Crippen LogP contribution in [0.5, 0.6) is 0 Å². The fourth-order valence-corrected chi connectivity index (χ4v) is 1.74. The molecule has 0 fully saturated rings. The van der Waals surface area contributed by atoms with Gasteiger partial charge in [-0.15, -0.1) is 0 Å². The number of likely N-dealkylation sites (N-methyl/N-ethyl adjacent to an activating group) is 1. The lowest BCUT2D eigenvalue weighted by Crippen LogP contribution is -2.33. The van der Waals surface area contributed by atoms with E-state index < -0.39 is 0 Å². The molecular formula is C15H26N2. The first kappa shape index (κ1) is 14.0. The highest BCUT2D eigenvalue weighted by atomic mass is 15.2. The largest absolute Gasteiger partial charge is 0.370 e. The quantitative estimate of drug-likeness (QED) is 0.715. The van der Waals surface area contributed by atoms with Crippen LogP contribution in [0, 0.1) is 5.92 Å². The Morgan fingerprint density at radius 1 is 0.941 bits per heavy atom. The average molecular weight is 234 g/mol. The van der Waals surface area contributed by atoms with Crippen molar-refractivity contribution in [2.75, 3.05) is 38.6 Å².